The molecule has 1 heterocycles. The van der Waals surface area contributed by atoms with Gasteiger partial charge < -0.3 is 4.74 Å². The van der Waals surface area contributed by atoms with E-state index in [1.54, 1.807) is 0 Å². The third-order valence-electron chi connectivity index (χ3n) is 2.92. The van der Waals surface area contributed by atoms with Crippen LogP contribution in [0.1, 0.15) is 19.4 Å². The molecule has 0 saturated carbocycles. The fourth-order valence-electron chi connectivity index (χ4n) is 2.10. The van der Waals surface area contributed by atoms with Gasteiger partial charge in [0.05, 0.1) is 11.5 Å². The minimum Gasteiger partial charge on any atom is -0.460 e. The van der Waals surface area contributed by atoms with Crippen LogP contribution in [0.15, 0.2) is 28.0 Å². The van der Waals surface area contributed by atoms with E-state index in [0.29, 0.717) is 0 Å². The Morgan fingerprint density at radius 2 is 1.95 bits per heavy atom. The Bertz CT molecular complexity index is 746. The SMILES string of the molecule is CCOC(=O)C(=O)C1=C(C)c2c(Cl)cccc2S1(=O)=O. The Morgan fingerprint density at radius 3 is 2.50 bits per heavy atom. The highest BCUT2D eigenvalue weighted by atomic mass is 35.5. The van der Waals surface area contributed by atoms with Crippen LogP contribution in [0.5, 0.6) is 0 Å². The van der Waals surface area contributed by atoms with Gasteiger partial charge in [-0.1, -0.05) is 17.7 Å². The van der Waals surface area contributed by atoms with E-state index in [-0.39, 0.29) is 27.7 Å². The molecule has 2 rings (SSSR count). The molecule has 0 atom stereocenters. The highest BCUT2D eigenvalue weighted by Gasteiger charge is 2.41. The highest BCUT2D eigenvalue weighted by Crippen LogP contribution is 2.42. The average molecular weight is 315 g/mol. The van der Waals surface area contributed by atoms with Crippen LogP contribution in [0.4, 0.5) is 0 Å². The summed E-state index contributed by atoms with van der Waals surface area (Å²) in [7, 11) is -4.04. The maximum Gasteiger partial charge on any atom is 0.380 e. The minimum atomic E-state index is -4.04. The molecule has 20 heavy (non-hydrogen) atoms. The van der Waals surface area contributed by atoms with Gasteiger partial charge in [0.1, 0.15) is 4.91 Å². The molecule has 0 radical (unpaired) electrons. The van der Waals surface area contributed by atoms with E-state index in [0.717, 1.165) is 0 Å². The summed E-state index contributed by atoms with van der Waals surface area (Å²) >= 11 is 5.98. The predicted octanol–water partition coefficient (Wildman–Crippen LogP) is 1.99. The maximum atomic E-state index is 12.4. The van der Waals surface area contributed by atoms with E-state index in [4.69, 9.17) is 11.6 Å². The number of sulfone groups is 1. The average Bonchev–Trinajstić information content (AvgIpc) is 2.58. The second-order valence-corrected chi connectivity index (χ2v) is 6.38. The fourth-order valence-corrected chi connectivity index (χ4v) is 4.31. The number of ether oxygens (including phenoxy) is 1. The second-order valence-electron chi connectivity index (χ2n) is 4.12. The first kappa shape index (κ1) is 14.7. The van der Waals surface area contributed by atoms with Crippen LogP contribution >= 0.6 is 11.6 Å². The van der Waals surface area contributed by atoms with Crippen LogP contribution in [0.3, 0.4) is 0 Å². The van der Waals surface area contributed by atoms with Crippen LogP contribution in [0, 0.1) is 0 Å². The van der Waals surface area contributed by atoms with Crippen LogP contribution in [0.2, 0.25) is 5.02 Å². The molecule has 0 saturated heterocycles. The van der Waals surface area contributed by atoms with Crippen LogP contribution in [-0.2, 0) is 24.2 Å². The number of hydrogen-bond donors (Lipinski definition) is 0. The molecular weight excluding hydrogens is 304 g/mol. The molecule has 1 aliphatic rings. The molecule has 0 N–H and O–H groups in total. The lowest BCUT2D eigenvalue weighted by Crippen LogP contribution is -2.22. The lowest BCUT2D eigenvalue weighted by molar-refractivity contribution is -0.151. The molecule has 1 aromatic rings. The van der Waals surface area contributed by atoms with Gasteiger partial charge in [0, 0.05) is 10.6 Å². The summed E-state index contributed by atoms with van der Waals surface area (Å²) in [5.41, 5.74) is 0.436. The Kier molecular flexibility index (Phi) is 3.71. The summed E-state index contributed by atoms with van der Waals surface area (Å²) in [6, 6.07) is 4.35. The van der Waals surface area contributed by atoms with Gasteiger partial charge in [-0.15, -0.1) is 0 Å². The minimum absolute atomic E-state index is 0.00927. The normalized spacial score (nSPS) is 15.9. The number of halogens is 1. The Balaban J connectivity index is 2.65. The number of carbonyl (C=O) groups excluding carboxylic acids is 2. The highest BCUT2D eigenvalue weighted by molar-refractivity contribution is 7.97. The number of rotatable bonds is 3. The van der Waals surface area contributed by atoms with Crippen molar-refractivity contribution in [3.8, 4) is 0 Å². The summed E-state index contributed by atoms with van der Waals surface area (Å²) in [5, 5.41) is 0.218. The van der Waals surface area contributed by atoms with E-state index in [2.05, 4.69) is 4.74 Å². The molecule has 0 fully saturated rings. The third-order valence-corrected chi connectivity index (χ3v) is 5.18. The van der Waals surface area contributed by atoms with E-state index < -0.39 is 26.5 Å². The molecule has 0 unspecified atom stereocenters. The van der Waals surface area contributed by atoms with Gasteiger partial charge in [0.25, 0.3) is 5.78 Å². The van der Waals surface area contributed by atoms with Crippen molar-refractivity contribution in [2.24, 2.45) is 0 Å². The van der Waals surface area contributed by atoms with E-state index in [1.165, 1.54) is 32.0 Å². The van der Waals surface area contributed by atoms with E-state index in [9.17, 15) is 18.0 Å². The molecule has 0 aliphatic carbocycles. The summed E-state index contributed by atoms with van der Waals surface area (Å²) in [6.07, 6.45) is 0. The first-order chi connectivity index (χ1) is 9.32. The Morgan fingerprint density at radius 1 is 1.30 bits per heavy atom. The standard InChI is InChI=1S/C13H11ClO5S/c1-3-19-13(16)11(15)12-7(2)10-8(14)5-4-6-9(10)20(12,17)18/h4-6H,3H2,1-2H3. The van der Waals surface area contributed by atoms with Gasteiger partial charge in [0.2, 0.25) is 9.84 Å². The van der Waals surface area contributed by atoms with Crippen LogP contribution in [0.25, 0.3) is 5.57 Å². The van der Waals surface area contributed by atoms with Gasteiger partial charge in [-0.05, 0) is 31.6 Å². The molecule has 1 aliphatic heterocycles. The van der Waals surface area contributed by atoms with Crippen molar-refractivity contribution in [2.45, 2.75) is 18.7 Å². The quantitative estimate of drug-likeness (QED) is 0.630. The zero-order valence-electron chi connectivity index (χ0n) is 10.8. The molecular formula is C13H11ClO5S. The second kappa shape index (κ2) is 5.03. The smallest absolute Gasteiger partial charge is 0.380 e. The number of hydrogen-bond acceptors (Lipinski definition) is 5. The molecule has 7 heteroatoms. The monoisotopic (exact) mass is 314 g/mol. The molecule has 5 nitrogen and oxygen atoms in total. The van der Waals surface area contributed by atoms with Crippen LogP contribution in [-0.4, -0.2) is 26.8 Å². The molecule has 0 bridgehead atoms. The zero-order valence-corrected chi connectivity index (χ0v) is 12.3. The third kappa shape index (κ3) is 2.05. The van der Waals surface area contributed by atoms with Gasteiger partial charge in [-0.2, -0.15) is 0 Å². The summed E-state index contributed by atoms with van der Waals surface area (Å²) in [6.45, 7) is 2.97. The molecule has 0 amide bonds. The summed E-state index contributed by atoms with van der Waals surface area (Å²) < 4.78 is 29.3. The van der Waals surface area contributed by atoms with Crippen molar-refractivity contribution >= 4 is 38.8 Å². The molecule has 0 spiro atoms. The largest absolute Gasteiger partial charge is 0.460 e. The van der Waals surface area contributed by atoms with E-state index in [1.807, 2.05) is 0 Å². The topological polar surface area (TPSA) is 77.5 Å². The van der Waals surface area contributed by atoms with Gasteiger partial charge in [0.15, 0.2) is 0 Å². The first-order valence-electron chi connectivity index (χ1n) is 5.78. The van der Waals surface area contributed by atoms with Crippen LogP contribution < -0.4 is 0 Å². The van der Waals surface area contributed by atoms with Crippen molar-refractivity contribution in [3.05, 3.63) is 33.7 Å². The van der Waals surface area contributed by atoms with Gasteiger partial charge in [-0.25, -0.2) is 13.2 Å². The van der Waals surface area contributed by atoms with Gasteiger partial charge in [-0.3, -0.25) is 4.79 Å². The van der Waals surface area contributed by atoms with Crippen molar-refractivity contribution in [2.75, 3.05) is 6.61 Å². The fraction of sp³-hybridized carbons (Fsp3) is 0.231. The summed E-state index contributed by atoms with van der Waals surface area (Å²) in [4.78, 5) is 22.9. The van der Waals surface area contributed by atoms with Crippen molar-refractivity contribution in [3.63, 3.8) is 0 Å². The van der Waals surface area contributed by atoms with Crippen molar-refractivity contribution < 1.29 is 22.7 Å². The van der Waals surface area contributed by atoms with Gasteiger partial charge >= 0.3 is 5.97 Å². The lowest BCUT2D eigenvalue weighted by Gasteiger charge is -2.03. The number of ketones is 1. The number of allylic oxidation sites excluding steroid dienone is 1. The molecule has 0 aromatic heterocycles. The first-order valence-corrected chi connectivity index (χ1v) is 7.64. The predicted molar refractivity (Wildman–Crippen MR) is 72.9 cm³/mol. The number of Topliss-reactive ketones (excluding diaryl/α,β-unsaturated/α-hetero) is 1. The lowest BCUT2D eigenvalue weighted by atomic mass is 10.1. The zero-order chi connectivity index (χ0) is 15.1. The number of benzene rings is 1. The molecule has 1 aromatic carbocycles. The number of esters is 1. The number of carbonyl (C=O) groups is 2. The Hall–Kier alpha value is -1.66. The Labute approximate surface area is 121 Å². The van der Waals surface area contributed by atoms with Crippen molar-refractivity contribution in [1.82, 2.24) is 0 Å². The van der Waals surface area contributed by atoms with E-state index >= 15 is 0 Å². The summed E-state index contributed by atoms with van der Waals surface area (Å²) in [5.74, 6) is -2.36. The number of fused-ring (bicyclic) bond motifs is 1. The molecule has 106 valence electrons. The van der Waals surface area contributed by atoms with Crippen molar-refractivity contribution in [1.29, 1.82) is 0 Å². The maximum absolute atomic E-state index is 12.4.